The summed E-state index contributed by atoms with van der Waals surface area (Å²) in [5, 5.41) is 2.52. The van der Waals surface area contributed by atoms with Gasteiger partial charge in [-0.1, -0.05) is 12.1 Å². The number of nitrogens with zero attached hydrogens (tertiary/aromatic N) is 1. The minimum atomic E-state index is -4.39. The zero-order valence-corrected chi connectivity index (χ0v) is 13.4. The lowest BCUT2D eigenvalue weighted by molar-refractivity contribution is -0.142. The van der Waals surface area contributed by atoms with E-state index in [4.69, 9.17) is 4.74 Å². The minimum absolute atomic E-state index is 0.230. The van der Waals surface area contributed by atoms with Crippen LogP contribution in [0.3, 0.4) is 0 Å². The number of amides is 2. The molecule has 2 amide bonds. The van der Waals surface area contributed by atoms with Gasteiger partial charge in [0.15, 0.2) is 0 Å². The van der Waals surface area contributed by atoms with Crippen molar-refractivity contribution in [3.63, 3.8) is 0 Å². The molecule has 1 heterocycles. The zero-order chi connectivity index (χ0) is 17.9. The van der Waals surface area contributed by atoms with Crippen LogP contribution in [0.15, 0.2) is 24.3 Å². The molecule has 1 aromatic rings. The van der Waals surface area contributed by atoms with Gasteiger partial charge in [0, 0.05) is 13.5 Å². The van der Waals surface area contributed by atoms with Crippen LogP contribution in [0.4, 0.5) is 13.2 Å². The summed E-state index contributed by atoms with van der Waals surface area (Å²) < 4.78 is 43.4. The van der Waals surface area contributed by atoms with E-state index >= 15 is 0 Å². The van der Waals surface area contributed by atoms with Crippen molar-refractivity contribution in [3.05, 3.63) is 35.4 Å². The molecule has 1 aliphatic rings. The number of benzene rings is 1. The van der Waals surface area contributed by atoms with Crippen molar-refractivity contribution in [1.82, 2.24) is 10.2 Å². The first kappa shape index (κ1) is 18.3. The number of carbonyl (C=O) groups excluding carboxylic acids is 2. The third-order valence-electron chi connectivity index (χ3n) is 3.78. The third kappa shape index (κ3) is 4.47. The summed E-state index contributed by atoms with van der Waals surface area (Å²) in [6, 6.07) is 4.06. The number of morpholine rings is 1. The molecule has 1 fully saturated rings. The van der Waals surface area contributed by atoms with Crippen molar-refractivity contribution in [2.24, 2.45) is 0 Å². The van der Waals surface area contributed by atoms with Crippen molar-refractivity contribution >= 4 is 11.8 Å². The van der Waals surface area contributed by atoms with Crippen molar-refractivity contribution in [1.29, 1.82) is 0 Å². The smallest absolute Gasteiger partial charge is 0.370 e. The average molecular weight is 344 g/mol. The van der Waals surface area contributed by atoms with Crippen LogP contribution in [-0.4, -0.2) is 42.5 Å². The maximum absolute atomic E-state index is 12.6. The van der Waals surface area contributed by atoms with E-state index in [-0.39, 0.29) is 25.0 Å². The van der Waals surface area contributed by atoms with Gasteiger partial charge in [0.2, 0.25) is 11.8 Å². The Morgan fingerprint density at radius 2 is 1.92 bits per heavy atom. The molecule has 2 atom stereocenters. The van der Waals surface area contributed by atoms with Crippen LogP contribution in [0, 0.1) is 0 Å². The largest absolute Gasteiger partial charge is 0.416 e. The molecule has 24 heavy (non-hydrogen) atoms. The minimum Gasteiger partial charge on any atom is -0.370 e. The second-order valence-corrected chi connectivity index (χ2v) is 5.69. The normalized spacial score (nSPS) is 19.7. The second kappa shape index (κ2) is 7.21. The van der Waals surface area contributed by atoms with Crippen LogP contribution in [-0.2, 0) is 20.5 Å². The Hall–Kier alpha value is -2.09. The molecule has 1 aliphatic heterocycles. The molecular weight excluding hydrogens is 325 g/mol. The van der Waals surface area contributed by atoms with E-state index < -0.39 is 23.9 Å². The maximum Gasteiger partial charge on any atom is 0.416 e. The summed E-state index contributed by atoms with van der Waals surface area (Å²) in [7, 11) is 0. The van der Waals surface area contributed by atoms with Crippen molar-refractivity contribution in [3.8, 4) is 0 Å². The molecule has 0 aliphatic carbocycles. The monoisotopic (exact) mass is 344 g/mol. The quantitative estimate of drug-likeness (QED) is 0.914. The molecule has 0 radical (unpaired) electrons. The van der Waals surface area contributed by atoms with Gasteiger partial charge in [-0.3, -0.25) is 9.59 Å². The van der Waals surface area contributed by atoms with Gasteiger partial charge < -0.3 is 15.0 Å². The molecule has 8 heteroatoms. The molecule has 5 nitrogen and oxygen atoms in total. The first-order valence-corrected chi connectivity index (χ1v) is 7.53. The van der Waals surface area contributed by atoms with Crippen molar-refractivity contribution in [2.45, 2.75) is 32.2 Å². The summed E-state index contributed by atoms with van der Waals surface area (Å²) in [6.07, 6.45) is -4.88. The van der Waals surface area contributed by atoms with Crippen LogP contribution in [0.5, 0.6) is 0 Å². The highest BCUT2D eigenvalue weighted by Gasteiger charge is 2.32. The average Bonchev–Trinajstić information content (AvgIpc) is 2.53. The number of nitrogens with one attached hydrogen (secondary N) is 1. The first-order chi connectivity index (χ1) is 11.2. The van der Waals surface area contributed by atoms with Gasteiger partial charge in [0.05, 0.1) is 18.7 Å². The molecule has 0 bridgehead atoms. The number of carbonyl (C=O) groups is 2. The van der Waals surface area contributed by atoms with Crippen LogP contribution < -0.4 is 5.32 Å². The number of hydrogen-bond acceptors (Lipinski definition) is 3. The Labute approximate surface area is 137 Å². The maximum atomic E-state index is 12.6. The molecule has 0 unspecified atom stereocenters. The highest BCUT2D eigenvalue weighted by atomic mass is 19.4. The van der Waals surface area contributed by atoms with E-state index in [9.17, 15) is 22.8 Å². The van der Waals surface area contributed by atoms with Crippen LogP contribution in [0.25, 0.3) is 0 Å². The summed E-state index contributed by atoms with van der Waals surface area (Å²) in [5.41, 5.74) is -0.151. The van der Waals surface area contributed by atoms with Gasteiger partial charge in [-0.05, 0) is 24.6 Å². The first-order valence-electron chi connectivity index (χ1n) is 7.53. The molecule has 1 saturated heterocycles. The predicted molar refractivity (Wildman–Crippen MR) is 80.0 cm³/mol. The number of hydrogen-bond donors (Lipinski definition) is 1. The van der Waals surface area contributed by atoms with E-state index in [1.807, 2.05) is 0 Å². The van der Waals surface area contributed by atoms with Crippen LogP contribution in [0.2, 0.25) is 0 Å². The Morgan fingerprint density at radius 1 is 1.29 bits per heavy atom. The number of halogens is 3. The fraction of sp³-hybridized carbons (Fsp3) is 0.500. The Kier molecular flexibility index (Phi) is 5.48. The predicted octanol–water partition coefficient (Wildman–Crippen LogP) is 2.13. The van der Waals surface area contributed by atoms with Gasteiger partial charge in [0.25, 0.3) is 0 Å². The Balaban J connectivity index is 2.05. The molecule has 0 saturated carbocycles. The molecule has 0 spiro atoms. The Morgan fingerprint density at radius 3 is 2.46 bits per heavy atom. The van der Waals surface area contributed by atoms with E-state index in [1.54, 1.807) is 11.8 Å². The lowest BCUT2D eigenvalue weighted by Gasteiger charge is -2.34. The lowest BCUT2D eigenvalue weighted by Crippen LogP contribution is -2.50. The molecule has 2 rings (SSSR count). The van der Waals surface area contributed by atoms with E-state index in [2.05, 4.69) is 5.32 Å². The fourth-order valence-electron chi connectivity index (χ4n) is 2.58. The van der Waals surface area contributed by atoms with Gasteiger partial charge in [-0.15, -0.1) is 0 Å². The number of ether oxygens (including phenoxy) is 1. The topological polar surface area (TPSA) is 58.6 Å². The van der Waals surface area contributed by atoms with Gasteiger partial charge in [-0.2, -0.15) is 13.2 Å². The fourth-order valence-corrected chi connectivity index (χ4v) is 2.58. The third-order valence-corrected chi connectivity index (χ3v) is 3.78. The Bertz CT molecular complexity index is 602. The summed E-state index contributed by atoms with van der Waals surface area (Å²) in [5.74, 6) is -0.547. The molecule has 0 aromatic heterocycles. The number of rotatable bonds is 3. The van der Waals surface area contributed by atoms with E-state index in [1.165, 1.54) is 19.1 Å². The molecule has 132 valence electrons. The van der Waals surface area contributed by atoms with Crippen LogP contribution in [0.1, 0.15) is 31.1 Å². The van der Waals surface area contributed by atoms with E-state index in [0.717, 1.165) is 12.1 Å². The van der Waals surface area contributed by atoms with Crippen molar-refractivity contribution in [2.75, 3.05) is 19.7 Å². The van der Waals surface area contributed by atoms with Crippen LogP contribution >= 0.6 is 0 Å². The molecule has 1 aromatic carbocycles. The summed E-state index contributed by atoms with van der Waals surface area (Å²) in [6.45, 7) is 3.80. The summed E-state index contributed by atoms with van der Waals surface area (Å²) in [4.78, 5) is 24.9. The highest BCUT2D eigenvalue weighted by Crippen LogP contribution is 2.31. The lowest BCUT2D eigenvalue weighted by atomic mass is 10.0. The van der Waals surface area contributed by atoms with Gasteiger partial charge >= 0.3 is 6.18 Å². The second-order valence-electron chi connectivity index (χ2n) is 5.69. The molecule has 1 N–H and O–H groups in total. The van der Waals surface area contributed by atoms with Gasteiger partial charge in [0.1, 0.15) is 12.1 Å². The van der Waals surface area contributed by atoms with E-state index in [0.29, 0.717) is 12.1 Å². The summed E-state index contributed by atoms with van der Waals surface area (Å²) >= 11 is 0. The van der Waals surface area contributed by atoms with Crippen molar-refractivity contribution < 1.29 is 27.5 Å². The highest BCUT2D eigenvalue weighted by molar-refractivity contribution is 5.86. The molecular formula is C16H19F3N2O3. The zero-order valence-electron chi connectivity index (χ0n) is 13.4. The van der Waals surface area contributed by atoms with Gasteiger partial charge in [-0.25, -0.2) is 0 Å². The number of alkyl halides is 3. The SMILES string of the molecule is CC(=O)N[C@@H](C)C(=O)N1CCO[C@H](c2ccc(C(F)(F)F)cc2)C1. The standard InChI is InChI=1S/C16H19F3N2O3/c1-10(20-11(2)22)15(23)21-7-8-24-14(9-21)12-3-5-13(6-4-12)16(17,18)19/h3-6,10,14H,7-9H2,1-2H3,(H,20,22)/t10-,14-/m0/s1.